The van der Waals surface area contributed by atoms with Gasteiger partial charge in [-0.25, -0.2) is 0 Å². The Morgan fingerprint density at radius 1 is 1.38 bits per heavy atom. The van der Waals surface area contributed by atoms with Gasteiger partial charge in [-0.05, 0) is 36.1 Å². The van der Waals surface area contributed by atoms with Crippen molar-refractivity contribution in [1.29, 1.82) is 0 Å². The van der Waals surface area contributed by atoms with Crippen molar-refractivity contribution in [3.63, 3.8) is 0 Å². The lowest BCUT2D eigenvalue weighted by Gasteiger charge is -2.09. The molecule has 0 spiro atoms. The number of thioether (sulfide) groups is 2. The van der Waals surface area contributed by atoms with Gasteiger partial charge in [-0.2, -0.15) is 0 Å². The van der Waals surface area contributed by atoms with Crippen LogP contribution < -0.4 is 0 Å². The zero-order valence-electron chi connectivity index (χ0n) is 10.5. The molecular formula is C14H20S2. The summed E-state index contributed by atoms with van der Waals surface area (Å²) < 4.78 is 0. The van der Waals surface area contributed by atoms with E-state index in [1.807, 2.05) is 11.8 Å². The number of hydrogen-bond acceptors (Lipinski definition) is 2. The summed E-state index contributed by atoms with van der Waals surface area (Å²) in [6.07, 6.45) is 7.85. The zero-order valence-corrected chi connectivity index (χ0v) is 12.1. The van der Waals surface area contributed by atoms with Gasteiger partial charge in [0.15, 0.2) is 0 Å². The molecule has 0 fully saturated rings. The molecule has 1 atom stereocenters. The lowest BCUT2D eigenvalue weighted by Crippen LogP contribution is -1.88. The van der Waals surface area contributed by atoms with Gasteiger partial charge in [0, 0.05) is 9.80 Å². The van der Waals surface area contributed by atoms with E-state index >= 15 is 0 Å². The number of hydrogen-bond donors (Lipinski definition) is 0. The Hall–Kier alpha value is -0.340. The molecule has 0 aliphatic rings. The molecule has 0 heterocycles. The lowest BCUT2D eigenvalue weighted by molar-refractivity contribution is 0.701. The molecular weight excluding hydrogens is 232 g/mol. The van der Waals surface area contributed by atoms with Crippen LogP contribution in [0.4, 0.5) is 0 Å². The summed E-state index contributed by atoms with van der Waals surface area (Å²) in [5, 5.41) is 0. The fourth-order valence-corrected chi connectivity index (χ4v) is 2.63. The van der Waals surface area contributed by atoms with Gasteiger partial charge in [0.25, 0.3) is 0 Å². The number of allylic oxidation sites excluding steroid dienone is 1. The van der Waals surface area contributed by atoms with Crippen LogP contribution in [0.1, 0.15) is 25.8 Å². The summed E-state index contributed by atoms with van der Waals surface area (Å²) in [4.78, 5) is 2.73. The summed E-state index contributed by atoms with van der Waals surface area (Å²) in [6, 6.07) is 8.77. The zero-order chi connectivity index (χ0) is 12.0. The van der Waals surface area contributed by atoms with E-state index in [0.717, 1.165) is 0 Å². The van der Waals surface area contributed by atoms with Gasteiger partial charge in [0.1, 0.15) is 0 Å². The van der Waals surface area contributed by atoms with Crippen molar-refractivity contribution < 1.29 is 0 Å². The smallest absolute Gasteiger partial charge is 0.0105 e. The Bertz CT molecular complexity index is 356. The third-order valence-electron chi connectivity index (χ3n) is 2.65. The highest BCUT2D eigenvalue weighted by Gasteiger charge is 2.03. The number of rotatable bonds is 5. The van der Waals surface area contributed by atoms with Gasteiger partial charge < -0.3 is 0 Å². The van der Waals surface area contributed by atoms with Gasteiger partial charge in [-0.15, -0.1) is 23.5 Å². The van der Waals surface area contributed by atoms with Crippen molar-refractivity contribution in [3.8, 4) is 0 Å². The second kappa shape index (κ2) is 7.08. The first-order valence-corrected chi connectivity index (χ1v) is 8.06. The topological polar surface area (TPSA) is 0 Å². The summed E-state index contributed by atoms with van der Waals surface area (Å²) in [5.74, 6) is 0.653. The second-order valence-electron chi connectivity index (χ2n) is 3.85. The first-order valence-electron chi connectivity index (χ1n) is 5.61. The molecule has 0 saturated heterocycles. The molecule has 1 aromatic rings. The van der Waals surface area contributed by atoms with Gasteiger partial charge in [-0.1, -0.05) is 38.5 Å². The van der Waals surface area contributed by atoms with Crippen molar-refractivity contribution in [2.75, 3.05) is 12.5 Å². The average molecular weight is 252 g/mol. The highest BCUT2D eigenvalue weighted by Crippen LogP contribution is 2.29. The molecule has 0 saturated carbocycles. The quantitative estimate of drug-likeness (QED) is 0.664. The Morgan fingerprint density at radius 3 is 2.69 bits per heavy atom. The van der Waals surface area contributed by atoms with Crippen molar-refractivity contribution >= 4 is 28.4 Å². The van der Waals surface area contributed by atoms with E-state index < -0.39 is 0 Å². The van der Waals surface area contributed by atoms with Crippen LogP contribution in [-0.2, 0) is 0 Å². The molecule has 1 rings (SSSR count). The summed E-state index contributed by atoms with van der Waals surface area (Å²) in [7, 11) is 0. The van der Waals surface area contributed by atoms with Crippen molar-refractivity contribution in [3.05, 3.63) is 35.9 Å². The van der Waals surface area contributed by atoms with Crippen LogP contribution in [0.2, 0.25) is 0 Å². The maximum atomic E-state index is 2.38. The van der Waals surface area contributed by atoms with Gasteiger partial charge in [0.2, 0.25) is 0 Å². The average Bonchev–Trinajstić information content (AvgIpc) is 2.35. The van der Waals surface area contributed by atoms with E-state index in [1.54, 1.807) is 11.8 Å². The molecule has 0 aliphatic heterocycles. The third kappa shape index (κ3) is 3.91. The van der Waals surface area contributed by atoms with Gasteiger partial charge in [-0.3, -0.25) is 0 Å². The van der Waals surface area contributed by atoms with Crippen LogP contribution in [-0.4, -0.2) is 12.5 Å². The fraction of sp³-hybridized carbons (Fsp3) is 0.429. The predicted molar refractivity (Wildman–Crippen MR) is 79.2 cm³/mol. The van der Waals surface area contributed by atoms with E-state index in [-0.39, 0.29) is 0 Å². The lowest BCUT2D eigenvalue weighted by atomic mass is 10.1. The van der Waals surface area contributed by atoms with Crippen LogP contribution in [0.3, 0.4) is 0 Å². The molecule has 88 valence electrons. The maximum Gasteiger partial charge on any atom is 0.0105 e. The van der Waals surface area contributed by atoms with Crippen molar-refractivity contribution in [1.82, 2.24) is 0 Å². The third-order valence-corrected chi connectivity index (χ3v) is 4.19. The second-order valence-corrected chi connectivity index (χ2v) is 5.58. The molecule has 0 nitrogen and oxygen atoms in total. The monoisotopic (exact) mass is 252 g/mol. The minimum atomic E-state index is 0.653. The molecule has 1 aromatic carbocycles. The van der Waals surface area contributed by atoms with E-state index in [4.69, 9.17) is 0 Å². The standard InChI is InChI=1S/C14H20S2/c1-5-11(2)9-14(16-4)12-7-6-8-13(10-12)15-3/h6-11H,5H2,1-4H3/b14-9-. The first-order chi connectivity index (χ1) is 7.71. The Morgan fingerprint density at radius 2 is 2.12 bits per heavy atom. The van der Waals surface area contributed by atoms with Crippen LogP contribution in [0.25, 0.3) is 4.91 Å². The Labute approximate surface area is 108 Å². The minimum Gasteiger partial charge on any atom is -0.130 e. The molecule has 2 heteroatoms. The Balaban J connectivity index is 2.98. The van der Waals surface area contributed by atoms with Gasteiger partial charge >= 0.3 is 0 Å². The van der Waals surface area contributed by atoms with E-state index in [0.29, 0.717) is 5.92 Å². The van der Waals surface area contributed by atoms with E-state index in [2.05, 4.69) is 56.7 Å². The number of benzene rings is 1. The van der Waals surface area contributed by atoms with Crippen LogP contribution in [0, 0.1) is 5.92 Å². The van der Waals surface area contributed by atoms with Crippen LogP contribution in [0.15, 0.2) is 35.2 Å². The molecule has 0 amide bonds. The predicted octanol–water partition coefficient (Wildman–Crippen LogP) is 5.16. The van der Waals surface area contributed by atoms with E-state index in [9.17, 15) is 0 Å². The first kappa shape index (κ1) is 13.7. The molecule has 1 unspecified atom stereocenters. The largest absolute Gasteiger partial charge is 0.130 e. The highest BCUT2D eigenvalue weighted by molar-refractivity contribution is 8.07. The van der Waals surface area contributed by atoms with Crippen molar-refractivity contribution in [2.45, 2.75) is 25.2 Å². The SMILES string of the molecule is CCC(C)/C=C(\SC)c1cccc(SC)c1. The summed E-state index contributed by atoms with van der Waals surface area (Å²) in [5.41, 5.74) is 1.35. The normalized spacial score (nSPS) is 13.9. The fourth-order valence-electron chi connectivity index (χ4n) is 1.43. The van der Waals surface area contributed by atoms with Crippen LogP contribution in [0.5, 0.6) is 0 Å². The molecule has 0 aliphatic carbocycles. The van der Waals surface area contributed by atoms with E-state index in [1.165, 1.54) is 21.8 Å². The molecule has 16 heavy (non-hydrogen) atoms. The minimum absolute atomic E-state index is 0.653. The summed E-state index contributed by atoms with van der Waals surface area (Å²) in [6.45, 7) is 4.51. The summed E-state index contributed by atoms with van der Waals surface area (Å²) >= 11 is 3.64. The molecule has 0 radical (unpaired) electrons. The van der Waals surface area contributed by atoms with Crippen molar-refractivity contribution in [2.24, 2.45) is 5.92 Å². The van der Waals surface area contributed by atoms with Gasteiger partial charge in [0.05, 0.1) is 0 Å². The molecule has 0 aromatic heterocycles. The Kier molecular flexibility index (Phi) is 6.07. The maximum absolute atomic E-state index is 2.38. The highest BCUT2D eigenvalue weighted by atomic mass is 32.2. The molecule has 0 bridgehead atoms. The molecule has 0 N–H and O–H groups in total. The van der Waals surface area contributed by atoms with Crippen LogP contribution >= 0.6 is 23.5 Å².